The van der Waals surface area contributed by atoms with Crippen molar-refractivity contribution in [3.63, 3.8) is 0 Å². The van der Waals surface area contributed by atoms with Crippen molar-refractivity contribution in [1.29, 1.82) is 0 Å². The number of hydrogen-bond donors (Lipinski definition) is 1. The number of ether oxygens (including phenoxy) is 4. The van der Waals surface area contributed by atoms with Gasteiger partial charge in [-0.3, -0.25) is 9.59 Å². The van der Waals surface area contributed by atoms with E-state index in [4.69, 9.17) is 42.1 Å². The Hall–Kier alpha value is -3.72. The maximum Gasteiger partial charge on any atom is 0.295 e. The van der Waals surface area contributed by atoms with Crippen LogP contribution in [-0.2, 0) is 20.9 Å². The van der Waals surface area contributed by atoms with E-state index < -0.39 is 23.5 Å². The summed E-state index contributed by atoms with van der Waals surface area (Å²) in [5.41, 5.74) is 2.68. The van der Waals surface area contributed by atoms with Crippen molar-refractivity contribution < 1.29 is 33.6 Å². The van der Waals surface area contributed by atoms with Gasteiger partial charge in [0, 0.05) is 13.7 Å². The first-order chi connectivity index (χ1) is 19.2. The van der Waals surface area contributed by atoms with Crippen molar-refractivity contribution in [3.05, 3.63) is 92.5 Å². The molecule has 10 heteroatoms. The zero-order valence-electron chi connectivity index (χ0n) is 22.5. The molecule has 1 heterocycles. The second kappa shape index (κ2) is 12.6. The van der Waals surface area contributed by atoms with Crippen molar-refractivity contribution >= 4 is 40.7 Å². The third-order valence-electron chi connectivity index (χ3n) is 6.59. The van der Waals surface area contributed by atoms with Gasteiger partial charge in [-0.05, 0) is 36.2 Å². The molecule has 0 spiro atoms. The Kier molecular flexibility index (Phi) is 9.25. The van der Waals surface area contributed by atoms with E-state index in [1.54, 1.807) is 24.3 Å². The summed E-state index contributed by atoms with van der Waals surface area (Å²) in [7, 11) is 4.24. The van der Waals surface area contributed by atoms with Crippen molar-refractivity contribution in [3.8, 4) is 17.2 Å². The fourth-order valence-electron chi connectivity index (χ4n) is 4.54. The van der Waals surface area contributed by atoms with E-state index in [1.807, 2.05) is 31.2 Å². The van der Waals surface area contributed by atoms with Gasteiger partial charge in [-0.15, -0.1) is 0 Å². The summed E-state index contributed by atoms with van der Waals surface area (Å²) in [4.78, 5) is 27.8. The monoisotopic (exact) mass is 585 g/mol. The topological polar surface area (TPSA) is 94.5 Å². The van der Waals surface area contributed by atoms with Gasteiger partial charge in [-0.25, -0.2) is 0 Å². The van der Waals surface area contributed by atoms with Crippen LogP contribution in [0.25, 0.3) is 5.76 Å². The molecule has 0 aliphatic carbocycles. The molecule has 1 atom stereocenters. The van der Waals surface area contributed by atoms with Crippen LogP contribution in [0.1, 0.15) is 28.3 Å². The lowest BCUT2D eigenvalue weighted by Gasteiger charge is -2.25. The fourth-order valence-corrected chi connectivity index (χ4v) is 5.22. The van der Waals surface area contributed by atoms with Crippen molar-refractivity contribution in [1.82, 2.24) is 4.90 Å². The zero-order chi connectivity index (χ0) is 29.0. The number of halogens is 2. The second-order valence-electron chi connectivity index (χ2n) is 9.12. The van der Waals surface area contributed by atoms with Gasteiger partial charge in [-0.1, -0.05) is 65.2 Å². The summed E-state index contributed by atoms with van der Waals surface area (Å²) in [6, 6.07) is 15.5. The predicted octanol–water partition coefficient (Wildman–Crippen LogP) is 5.97. The van der Waals surface area contributed by atoms with Crippen molar-refractivity contribution in [2.75, 3.05) is 34.5 Å². The van der Waals surface area contributed by atoms with Crippen molar-refractivity contribution in [2.45, 2.75) is 19.6 Å². The molecule has 1 amide bonds. The van der Waals surface area contributed by atoms with E-state index in [1.165, 1.54) is 32.3 Å². The molecule has 4 rings (SSSR count). The molecule has 0 radical (unpaired) electrons. The van der Waals surface area contributed by atoms with Crippen LogP contribution in [0.4, 0.5) is 0 Å². The normalized spacial score (nSPS) is 16.4. The number of ketones is 1. The number of aliphatic hydroxyl groups is 1. The molecular formula is C30H29Cl2NO7. The van der Waals surface area contributed by atoms with Crippen LogP contribution in [0.15, 0.2) is 60.2 Å². The van der Waals surface area contributed by atoms with Crippen LogP contribution in [-0.4, -0.2) is 56.2 Å². The average molecular weight is 586 g/mol. The Bertz CT molecular complexity index is 1440. The first-order valence-corrected chi connectivity index (χ1v) is 13.1. The lowest BCUT2D eigenvalue weighted by molar-refractivity contribution is -0.140. The quantitative estimate of drug-likeness (QED) is 0.178. The highest BCUT2D eigenvalue weighted by Gasteiger charge is 2.46. The standard InChI is InChI=1S/C30H29Cl2NO7/c1-17-5-7-18(8-6-17)16-40-20-11-9-19(10-12-20)25-23(27(35)30(36)33(25)13-14-37-2)26(34)21-15-22(31)29(39-4)24(32)28(21)38-3/h5-12,15,25,34H,13-14,16H2,1-4H3/b26-23+. The molecule has 1 N–H and O–H groups in total. The van der Waals surface area contributed by atoms with Gasteiger partial charge < -0.3 is 29.0 Å². The highest BCUT2D eigenvalue weighted by atomic mass is 35.5. The van der Waals surface area contributed by atoms with Crippen molar-refractivity contribution in [2.24, 2.45) is 0 Å². The number of carbonyl (C=O) groups is 2. The van der Waals surface area contributed by atoms with Crippen LogP contribution < -0.4 is 14.2 Å². The number of likely N-dealkylation sites (tertiary alicyclic amines) is 1. The average Bonchev–Trinajstić information content (AvgIpc) is 3.20. The maximum absolute atomic E-state index is 13.3. The lowest BCUT2D eigenvalue weighted by Crippen LogP contribution is -2.32. The summed E-state index contributed by atoms with van der Waals surface area (Å²) < 4.78 is 21.8. The minimum Gasteiger partial charge on any atom is -0.507 e. The summed E-state index contributed by atoms with van der Waals surface area (Å²) in [5, 5.41) is 11.6. The number of rotatable bonds is 10. The molecule has 1 aliphatic heterocycles. The number of benzene rings is 3. The molecule has 0 aromatic heterocycles. The highest BCUT2D eigenvalue weighted by Crippen LogP contribution is 2.47. The number of hydrogen-bond acceptors (Lipinski definition) is 7. The molecule has 40 heavy (non-hydrogen) atoms. The van der Waals surface area contributed by atoms with E-state index in [-0.39, 0.29) is 45.8 Å². The Morgan fingerprint density at radius 3 is 2.20 bits per heavy atom. The first kappa shape index (κ1) is 29.3. The zero-order valence-corrected chi connectivity index (χ0v) is 24.0. The molecule has 1 unspecified atom stereocenters. The van der Waals surface area contributed by atoms with Gasteiger partial charge in [0.05, 0.1) is 43.0 Å². The molecule has 0 bridgehead atoms. The number of aliphatic hydroxyl groups excluding tert-OH is 1. The third-order valence-corrected chi connectivity index (χ3v) is 7.22. The minimum atomic E-state index is -0.911. The van der Waals surface area contributed by atoms with E-state index in [9.17, 15) is 14.7 Å². The highest BCUT2D eigenvalue weighted by molar-refractivity contribution is 6.47. The summed E-state index contributed by atoms with van der Waals surface area (Å²) in [5.74, 6) is -1.31. The Balaban J connectivity index is 1.76. The molecule has 3 aromatic rings. The fraction of sp³-hybridized carbons (Fsp3) is 0.267. The molecule has 3 aromatic carbocycles. The summed E-state index contributed by atoms with van der Waals surface area (Å²) in [6.45, 7) is 2.71. The second-order valence-corrected chi connectivity index (χ2v) is 9.90. The number of methoxy groups -OCH3 is 3. The van der Waals surface area contributed by atoms with E-state index in [0.29, 0.717) is 17.9 Å². The van der Waals surface area contributed by atoms with Gasteiger partial charge in [0.1, 0.15) is 23.1 Å². The molecule has 1 saturated heterocycles. The van der Waals surface area contributed by atoms with Gasteiger partial charge in [0.2, 0.25) is 0 Å². The van der Waals surface area contributed by atoms with E-state index in [0.717, 1.165) is 11.1 Å². The lowest BCUT2D eigenvalue weighted by atomic mass is 9.95. The van der Waals surface area contributed by atoms with E-state index in [2.05, 4.69) is 0 Å². The predicted molar refractivity (Wildman–Crippen MR) is 152 cm³/mol. The Labute approximate surface area is 242 Å². The minimum absolute atomic E-state index is 0.0132. The van der Waals surface area contributed by atoms with Crippen LogP contribution in [0.5, 0.6) is 17.2 Å². The molecule has 1 aliphatic rings. The maximum atomic E-state index is 13.3. The molecule has 0 saturated carbocycles. The smallest absolute Gasteiger partial charge is 0.295 e. The molecule has 210 valence electrons. The number of Topliss-reactive ketones (excluding diaryl/α,β-unsaturated/α-hetero) is 1. The van der Waals surface area contributed by atoms with Crippen LogP contribution in [0.2, 0.25) is 10.0 Å². The molecule has 1 fully saturated rings. The van der Waals surface area contributed by atoms with Crippen LogP contribution in [0, 0.1) is 6.92 Å². The third kappa shape index (κ3) is 5.75. The van der Waals surface area contributed by atoms with Crippen LogP contribution >= 0.6 is 23.2 Å². The summed E-state index contributed by atoms with van der Waals surface area (Å²) in [6.07, 6.45) is 0. The molecular weight excluding hydrogens is 557 g/mol. The Morgan fingerprint density at radius 2 is 1.60 bits per heavy atom. The van der Waals surface area contributed by atoms with E-state index >= 15 is 0 Å². The van der Waals surface area contributed by atoms with Gasteiger partial charge in [0.25, 0.3) is 11.7 Å². The van der Waals surface area contributed by atoms with Gasteiger partial charge >= 0.3 is 0 Å². The number of aryl methyl sites for hydroxylation is 1. The number of carbonyl (C=O) groups excluding carboxylic acids is 2. The molecule has 8 nitrogen and oxygen atoms in total. The van der Waals surface area contributed by atoms with Gasteiger partial charge in [-0.2, -0.15) is 0 Å². The van der Waals surface area contributed by atoms with Crippen LogP contribution in [0.3, 0.4) is 0 Å². The Morgan fingerprint density at radius 1 is 0.950 bits per heavy atom. The largest absolute Gasteiger partial charge is 0.507 e. The number of nitrogens with zero attached hydrogens (tertiary/aromatic N) is 1. The number of amides is 1. The van der Waals surface area contributed by atoms with Gasteiger partial charge in [0.15, 0.2) is 11.5 Å². The SMILES string of the molecule is COCCN1C(=O)C(=O)/C(=C(/O)c2cc(Cl)c(OC)c(Cl)c2OC)C1c1ccc(OCc2ccc(C)cc2)cc1. The first-order valence-electron chi connectivity index (χ1n) is 12.4. The summed E-state index contributed by atoms with van der Waals surface area (Å²) >= 11 is 12.8.